The maximum Gasteiger partial charge on any atom is 0.314 e. The standard InChI is InChI=1S/C20H10F10O4/c21-7-9(23)13(27)17(14(28)10(7)24)33-19(31)5-1-2-6(4-3-5)20(32)34-18-15(29)11(25)8(22)12(26)16(18)30/h5-6H,1-4H2. The molecule has 0 amide bonds. The number of halogens is 10. The monoisotopic (exact) mass is 504 g/mol. The first-order valence-electron chi connectivity index (χ1n) is 9.32. The van der Waals surface area contributed by atoms with Gasteiger partial charge in [0.05, 0.1) is 11.8 Å². The molecule has 2 aromatic carbocycles. The van der Waals surface area contributed by atoms with E-state index in [0.717, 1.165) is 0 Å². The van der Waals surface area contributed by atoms with Crippen molar-refractivity contribution in [2.75, 3.05) is 0 Å². The second kappa shape index (κ2) is 9.50. The number of hydrogen-bond donors (Lipinski definition) is 0. The largest absolute Gasteiger partial charge is 0.420 e. The summed E-state index contributed by atoms with van der Waals surface area (Å²) in [5.74, 6) is -32.4. The van der Waals surface area contributed by atoms with Crippen molar-refractivity contribution in [3.63, 3.8) is 0 Å². The molecule has 0 spiro atoms. The maximum absolute atomic E-state index is 13.7. The van der Waals surface area contributed by atoms with Gasteiger partial charge in [-0.15, -0.1) is 0 Å². The van der Waals surface area contributed by atoms with Crippen LogP contribution in [0.25, 0.3) is 0 Å². The molecule has 0 aromatic heterocycles. The minimum atomic E-state index is -2.46. The molecule has 184 valence electrons. The van der Waals surface area contributed by atoms with Gasteiger partial charge in [-0.05, 0) is 25.7 Å². The molecule has 0 saturated heterocycles. The minimum Gasteiger partial charge on any atom is -0.420 e. The fourth-order valence-corrected chi connectivity index (χ4v) is 3.28. The summed E-state index contributed by atoms with van der Waals surface area (Å²) in [4.78, 5) is 24.2. The summed E-state index contributed by atoms with van der Waals surface area (Å²) in [6, 6.07) is 0. The number of carbonyl (C=O) groups is 2. The number of carbonyl (C=O) groups excluding carboxylic acids is 2. The van der Waals surface area contributed by atoms with E-state index >= 15 is 0 Å². The molecule has 0 heterocycles. The summed E-state index contributed by atoms with van der Waals surface area (Å²) in [5.41, 5.74) is 0. The van der Waals surface area contributed by atoms with Crippen LogP contribution >= 0.6 is 0 Å². The number of benzene rings is 2. The zero-order valence-corrected chi connectivity index (χ0v) is 16.4. The third-order valence-electron chi connectivity index (χ3n) is 5.14. The van der Waals surface area contributed by atoms with Gasteiger partial charge in [0.15, 0.2) is 0 Å². The SMILES string of the molecule is O=C(Oc1c(F)c(F)c(F)c(F)c1F)C1CCC(C(=O)Oc2c(F)c(F)c(F)c(F)c2F)CC1. The van der Waals surface area contributed by atoms with Gasteiger partial charge in [-0.3, -0.25) is 9.59 Å². The third kappa shape index (κ3) is 4.40. The van der Waals surface area contributed by atoms with Crippen LogP contribution in [0.1, 0.15) is 25.7 Å². The molecule has 14 heteroatoms. The number of ether oxygens (including phenoxy) is 2. The molecular weight excluding hydrogens is 494 g/mol. The van der Waals surface area contributed by atoms with Crippen LogP contribution in [0, 0.1) is 70.0 Å². The summed E-state index contributed by atoms with van der Waals surface area (Å²) in [5, 5.41) is 0. The zero-order valence-electron chi connectivity index (χ0n) is 16.4. The van der Waals surface area contributed by atoms with E-state index in [1.54, 1.807) is 0 Å². The highest BCUT2D eigenvalue weighted by molar-refractivity contribution is 5.78. The maximum atomic E-state index is 13.7. The van der Waals surface area contributed by atoms with Gasteiger partial charge in [-0.1, -0.05) is 0 Å². The highest BCUT2D eigenvalue weighted by Gasteiger charge is 2.36. The van der Waals surface area contributed by atoms with Crippen molar-refractivity contribution in [3.8, 4) is 11.5 Å². The first kappa shape index (κ1) is 25.3. The van der Waals surface area contributed by atoms with E-state index < -0.39 is 93.4 Å². The van der Waals surface area contributed by atoms with E-state index in [9.17, 15) is 53.5 Å². The smallest absolute Gasteiger partial charge is 0.314 e. The minimum absolute atomic E-state index is 0.259. The molecule has 1 fully saturated rings. The molecule has 0 radical (unpaired) electrons. The second-order valence-corrected chi connectivity index (χ2v) is 7.19. The Morgan fingerprint density at radius 2 is 0.647 bits per heavy atom. The van der Waals surface area contributed by atoms with Crippen molar-refractivity contribution in [2.45, 2.75) is 25.7 Å². The van der Waals surface area contributed by atoms with Gasteiger partial charge in [0, 0.05) is 0 Å². The van der Waals surface area contributed by atoms with Crippen LogP contribution < -0.4 is 9.47 Å². The predicted octanol–water partition coefficient (Wildman–Crippen LogP) is 5.40. The zero-order chi connectivity index (χ0) is 25.5. The lowest BCUT2D eigenvalue weighted by atomic mass is 9.82. The number of esters is 2. The summed E-state index contributed by atoms with van der Waals surface area (Å²) in [6.45, 7) is 0. The van der Waals surface area contributed by atoms with Crippen molar-refractivity contribution >= 4 is 11.9 Å². The Bertz CT molecular complexity index is 1030. The Labute approximate surface area is 183 Å². The topological polar surface area (TPSA) is 52.6 Å². The Morgan fingerprint density at radius 3 is 0.882 bits per heavy atom. The Hall–Kier alpha value is -3.32. The molecule has 2 aromatic rings. The van der Waals surface area contributed by atoms with Crippen LogP contribution in [0.15, 0.2) is 0 Å². The Morgan fingerprint density at radius 1 is 0.441 bits per heavy atom. The molecular formula is C20H10F10O4. The first-order chi connectivity index (χ1) is 15.9. The lowest BCUT2D eigenvalue weighted by molar-refractivity contribution is -0.145. The molecule has 4 nitrogen and oxygen atoms in total. The molecule has 34 heavy (non-hydrogen) atoms. The highest BCUT2D eigenvalue weighted by atomic mass is 19.2. The Kier molecular flexibility index (Phi) is 7.07. The number of hydrogen-bond acceptors (Lipinski definition) is 4. The van der Waals surface area contributed by atoms with Crippen molar-refractivity contribution < 1.29 is 63.0 Å². The highest BCUT2D eigenvalue weighted by Crippen LogP contribution is 2.35. The predicted molar refractivity (Wildman–Crippen MR) is 89.2 cm³/mol. The first-order valence-corrected chi connectivity index (χ1v) is 9.32. The van der Waals surface area contributed by atoms with E-state index in [-0.39, 0.29) is 25.7 Å². The van der Waals surface area contributed by atoms with Gasteiger partial charge in [0.2, 0.25) is 69.7 Å². The van der Waals surface area contributed by atoms with Crippen LogP contribution in [0.2, 0.25) is 0 Å². The molecule has 0 aliphatic heterocycles. The van der Waals surface area contributed by atoms with Crippen LogP contribution in [0.4, 0.5) is 43.9 Å². The fraction of sp³-hybridized carbons (Fsp3) is 0.300. The van der Waals surface area contributed by atoms with E-state index in [0.29, 0.717) is 0 Å². The molecule has 0 N–H and O–H groups in total. The van der Waals surface area contributed by atoms with E-state index in [1.165, 1.54) is 0 Å². The average Bonchev–Trinajstić information content (AvgIpc) is 2.84. The summed E-state index contributed by atoms with van der Waals surface area (Å²) >= 11 is 0. The van der Waals surface area contributed by atoms with Crippen molar-refractivity contribution in [2.24, 2.45) is 11.8 Å². The lowest BCUT2D eigenvalue weighted by Crippen LogP contribution is -2.31. The van der Waals surface area contributed by atoms with Gasteiger partial charge < -0.3 is 9.47 Å². The molecule has 0 unspecified atom stereocenters. The molecule has 1 aliphatic carbocycles. The second-order valence-electron chi connectivity index (χ2n) is 7.19. The van der Waals surface area contributed by atoms with Gasteiger partial charge in [0.1, 0.15) is 0 Å². The lowest BCUT2D eigenvalue weighted by Gasteiger charge is -2.26. The van der Waals surface area contributed by atoms with Crippen LogP contribution in [-0.4, -0.2) is 11.9 Å². The van der Waals surface area contributed by atoms with Crippen molar-refractivity contribution in [1.29, 1.82) is 0 Å². The van der Waals surface area contributed by atoms with E-state index in [2.05, 4.69) is 9.47 Å². The van der Waals surface area contributed by atoms with Gasteiger partial charge in [-0.25, -0.2) is 26.3 Å². The molecule has 1 aliphatic rings. The van der Waals surface area contributed by atoms with Gasteiger partial charge >= 0.3 is 11.9 Å². The molecule has 0 atom stereocenters. The van der Waals surface area contributed by atoms with Gasteiger partial charge in [0.25, 0.3) is 0 Å². The third-order valence-corrected chi connectivity index (χ3v) is 5.14. The normalized spacial score (nSPS) is 18.1. The molecule has 1 saturated carbocycles. The quantitative estimate of drug-likeness (QED) is 0.184. The average molecular weight is 504 g/mol. The summed E-state index contributed by atoms with van der Waals surface area (Å²) in [6.07, 6.45) is -1.04. The van der Waals surface area contributed by atoms with Gasteiger partial charge in [-0.2, -0.15) is 17.6 Å². The van der Waals surface area contributed by atoms with E-state index in [1.807, 2.05) is 0 Å². The number of rotatable bonds is 4. The summed E-state index contributed by atoms with van der Waals surface area (Å²) < 4.78 is 142. The van der Waals surface area contributed by atoms with Crippen LogP contribution in [0.3, 0.4) is 0 Å². The van der Waals surface area contributed by atoms with Crippen LogP contribution in [-0.2, 0) is 9.59 Å². The fourth-order valence-electron chi connectivity index (χ4n) is 3.28. The Balaban J connectivity index is 1.66. The molecule has 3 rings (SSSR count). The van der Waals surface area contributed by atoms with Crippen molar-refractivity contribution in [1.82, 2.24) is 0 Å². The van der Waals surface area contributed by atoms with Crippen molar-refractivity contribution in [3.05, 3.63) is 58.2 Å². The summed E-state index contributed by atoms with van der Waals surface area (Å²) in [7, 11) is 0. The van der Waals surface area contributed by atoms with Crippen LogP contribution in [0.5, 0.6) is 11.5 Å². The van der Waals surface area contributed by atoms with E-state index in [4.69, 9.17) is 0 Å². The molecule has 0 bridgehead atoms.